The molecule has 0 atom stereocenters. The molecule has 0 spiro atoms. The van der Waals surface area contributed by atoms with Crippen LogP contribution in [-0.2, 0) is 4.74 Å². The molecule has 2 rings (SSSR count). The molecular weight excluding hydrogens is 230 g/mol. The zero-order valence-corrected chi connectivity index (χ0v) is 10.4. The Morgan fingerprint density at radius 1 is 1.44 bits per heavy atom. The summed E-state index contributed by atoms with van der Waals surface area (Å²) in [6.45, 7) is 2.38. The van der Waals surface area contributed by atoms with Crippen LogP contribution in [0.2, 0.25) is 0 Å². The van der Waals surface area contributed by atoms with Gasteiger partial charge in [0.1, 0.15) is 5.69 Å². The van der Waals surface area contributed by atoms with Crippen LogP contribution in [0.3, 0.4) is 0 Å². The quantitative estimate of drug-likeness (QED) is 0.840. The van der Waals surface area contributed by atoms with Gasteiger partial charge >= 0.3 is 0 Å². The van der Waals surface area contributed by atoms with Gasteiger partial charge in [0.25, 0.3) is 5.91 Å². The minimum absolute atomic E-state index is 0.137. The molecule has 2 heterocycles. The Kier molecular flexibility index (Phi) is 4.52. The molecule has 5 nitrogen and oxygen atoms in total. The summed E-state index contributed by atoms with van der Waals surface area (Å²) in [6, 6.07) is 3.32. The molecule has 5 heteroatoms. The number of hydrogen-bond acceptors (Lipinski definition) is 4. The molecule has 0 aromatic carbocycles. The van der Waals surface area contributed by atoms with Crippen molar-refractivity contribution < 1.29 is 9.53 Å². The van der Waals surface area contributed by atoms with Crippen LogP contribution in [0.5, 0.6) is 0 Å². The van der Waals surface area contributed by atoms with Crippen molar-refractivity contribution in [1.29, 1.82) is 0 Å². The summed E-state index contributed by atoms with van der Waals surface area (Å²) in [5.41, 5.74) is 6.50. The van der Waals surface area contributed by atoms with E-state index in [0.717, 1.165) is 32.5 Å². The number of nitrogens with zero attached hydrogens (tertiary/aromatic N) is 1. The number of carbonyl (C=O) groups is 1. The van der Waals surface area contributed by atoms with Crippen LogP contribution >= 0.6 is 0 Å². The van der Waals surface area contributed by atoms with E-state index in [1.54, 1.807) is 12.1 Å². The number of nitrogens with two attached hydrogens (primary N) is 1. The van der Waals surface area contributed by atoms with Gasteiger partial charge in [-0.05, 0) is 37.3 Å². The van der Waals surface area contributed by atoms with E-state index in [-0.39, 0.29) is 5.91 Å². The first-order chi connectivity index (χ1) is 8.75. The van der Waals surface area contributed by atoms with Crippen LogP contribution in [0, 0.1) is 5.92 Å². The molecule has 0 saturated carbocycles. The second kappa shape index (κ2) is 6.35. The second-order valence-electron chi connectivity index (χ2n) is 4.58. The average Bonchev–Trinajstić information content (AvgIpc) is 2.40. The molecule has 3 N–H and O–H groups in total. The van der Waals surface area contributed by atoms with Crippen molar-refractivity contribution in [3.05, 3.63) is 24.0 Å². The first-order valence-corrected chi connectivity index (χ1v) is 6.33. The summed E-state index contributed by atoms with van der Waals surface area (Å²) >= 11 is 0. The number of nitrogens with one attached hydrogen (secondary N) is 1. The summed E-state index contributed by atoms with van der Waals surface area (Å²) in [6.07, 6.45) is 4.68. The van der Waals surface area contributed by atoms with E-state index in [4.69, 9.17) is 10.5 Å². The Hall–Kier alpha value is -1.62. The molecule has 1 aromatic rings. The smallest absolute Gasteiger partial charge is 0.269 e. The number of nitrogen functional groups attached to an aromatic ring is 1. The van der Waals surface area contributed by atoms with E-state index < -0.39 is 0 Å². The molecule has 1 saturated heterocycles. The number of aromatic nitrogens is 1. The maximum atomic E-state index is 11.8. The molecule has 0 radical (unpaired) electrons. The summed E-state index contributed by atoms with van der Waals surface area (Å²) < 4.78 is 5.30. The lowest BCUT2D eigenvalue weighted by molar-refractivity contribution is 0.0636. The highest BCUT2D eigenvalue weighted by molar-refractivity contribution is 5.92. The average molecular weight is 249 g/mol. The highest BCUT2D eigenvalue weighted by atomic mass is 16.5. The number of ether oxygens (including phenoxy) is 1. The maximum Gasteiger partial charge on any atom is 0.269 e. The van der Waals surface area contributed by atoms with Gasteiger partial charge in [-0.3, -0.25) is 4.79 Å². The van der Waals surface area contributed by atoms with Gasteiger partial charge in [-0.1, -0.05) is 0 Å². The lowest BCUT2D eigenvalue weighted by Crippen LogP contribution is -2.28. The lowest BCUT2D eigenvalue weighted by atomic mass is 9.97. The van der Waals surface area contributed by atoms with Crippen LogP contribution in [0.15, 0.2) is 18.3 Å². The molecule has 0 bridgehead atoms. The van der Waals surface area contributed by atoms with Crippen molar-refractivity contribution in [1.82, 2.24) is 10.3 Å². The minimum Gasteiger partial charge on any atom is -0.397 e. The maximum absolute atomic E-state index is 11.8. The van der Waals surface area contributed by atoms with Crippen molar-refractivity contribution in [3.63, 3.8) is 0 Å². The van der Waals surface area contributed by atoms with Gasteiger partial charge in [0.15, 0.2) is 0 Å². The fourth-order valence-electron chi connectivity index (χ4n) is 2.06. The van der Waals surface area contributed by atoms with Gasteiger partial charge < -0.3 is 15.8 Å². The van der Waals surface area contributed by atoms with Gasteiger partial charge in [0, 0.05) is 19.8 Å². The number of carbonyl (C=O) groups excluding carboxylic acids is 1. The zero-order chi connectivity index (χ0) is 12.8. The molecule has 1 aliphatic heterocycles. The van der Waals surface area contributed by atoms with Crippen molar-refractivity contribution in [2.45, 2.75) is 19.3 Å². The third-order valence-electron chi connectivity index (χ3n) is 3.20. The molecule has 1 aliphatic rings. The number of amides is 1. The van der Waals surface area contributed by atoms with Crippen LogP contribution in [0.25, 0.3) is 0 Å². The summed E-state index contributed by atoms with van der Waals surface area (Å²) in [5, 5.41) is 2.88. The summed E-state index contributed by atoms with van der Waals surface area (Å²) in [7, 11) is 0. The van der Waals surface area contributed by atoms with Crippen molar-refractivity contribution in [2.75, 3.05) is 25.5 Å². The number of pyridine rings is 1. The first kappa shape index (κ1) is 12.8. The fourth-order valence-corrected chi connectivity index (χ4v) is 2.06. The second-order valence-corrected chi connectivity index (χ2v) is 4.58. The van der Waals surface area contributed by atoms with Crippen LogP contribution in [0.1, 0.15) is 29.8 Å². The third-order valence-corrected chi connectivity index (χ3v) is 3.20. The molecule has 0 aliphatic carbocycles. The van der Waals surface area contributed by atoms with Gasteiger partial charge in [-0.2, -0.15) is 0 Å². The highest BCUT2D eigenvalue weighted by Gasteiger charge is 2.14. The van der Waals surface area contributed by atoms with Crippen LogP contribution in [0.4, 0.5) is 5.69 Å². The monoisotopic (exact) mass is 249 g/mol. The van der Waals surface area contributed by atoms with E-state index in [0.29, 0.717) is 23.8 Å². The molecule has 18 heavy (non-hydrogen) atoms. The molecular formula is C13H19N3O2. The minimum atomic E-state index is -0.137. The van der Waals surface area contributed by atoms with Gasteiger partial charge in [-0.15, -0.1) is 0 Å². The van der Waals surface area contributed by atoms with Gasteiger partial charge in [-0.25, -0.2) is 4.98 Å². The van der Waals surface area contributed by atoms with Gasteiger partial charge in [0.2, 0.25) is 0 Å². The Morgan fingerprint density at radius 3 is 2.89 bits per heavy atom. The summed E-state index contributed by atoms with van der Waals surface area (Å²) in [4.78, 5) is 15.7. The normalized spacial score (nSPS) is 16.4. The predicted molar refractivity (Wildman–Crippen MR) is 69.1 cm³/mol. The number of hydrogen-bond donors (Lipinski definition) is 2. The predicted octanol–water partition coefficient (Wildman–Crippen LogP) is 1.21. The lowest BCUT2D eigenvalue weighted by Gasteiger charge is -2.21. The third kappa shape index (κ3) is 3.70. The molecule has 1 fully saturated rings. The van der Waals surface area contributed by atoms with Crippen molar-refractivity contribution in [3.8, 4) is 0 Å². The fraction of sp³-hybridized carbons (Fsp3) is 0.538. The topological polar surface area (TPSA) is 77.2 Å². The molecule has 0 unspecified atom stereocenters. The van der Waals surface area contributed by atoms with E-state index in [2.05, 4.69) is 10.3 Å². The molecule has 98 valence electrons. The molecule has 1 amide bonds. The van der Waals surface area contributed by atoms with Crippen molar-refractivity contribution >= 4 is 11.6 Å². The van der Waals surface area contributed by atoms with Crippen LogP contribution in [-0.4, -0.2) is 30.6 Å². The zero-order valence-electron chi connectivity index (χ0n) is 10.4. The van der Waals surface area contributed by atoms with E-state index in [9.17, 15) is 4.79 Å². The Morgan fingerprint density at radius 2 is 2.22 bits per heavy atom. The van der Waals surface area contributed by atoms with Gasteiger partial charge in [0.05, 0.1) is 11.9 Å². The molecule has 1 aromatic heterocycles. The Bertz CT molecular complexity index is 386. The van der Waals surface area contributed by atoms with E-state index >= 15 is 0 Å². The summed E-state index contributed by atoms with van der Waals surface area (Å²) in [5.74, 6) is 0.528. The van der Waals surface area contributed by atoms with E-state index in [1.807, 2.05) is 0 Å². The Balaban J connectivity index is 1.72. The van der Waals surface area contributed by atoms with E-state index in [1.165, 1.54) is 6.20 Å². The Labute approximate surface area is 107 Å². The number of rotatable bonds is 4. The largest absolute Gasteiger partial charge is 0.397 e. The highest BCUT2D eigenvalue weighted by Crippen LogP contribution is 2.17. The SMILES string of the molecule is Nc1ccc(C(=O)NCCC2CCOCC2)nc1. The number of anilines is 1. The standard InChI is InChI=1S/C13H19N3O2/c14-11-1-2-12(16-9-11)13(17)15-6-3-10-4-7-18-8-5-10/h1-2,9-10H,3-8,14H2,(H,15,17). The first-order valence-electron chi connectivity index (χ1n) is 6.33. The van der Waals surface area contributed by atoms with Crippen molar-refractivity contribution in [2.24, 2.45) is 5.92 Å². The van der Waals surface area contributed by atoms with Crippen LogP contribution < -0.4 is 11.1 Å².